The number of aryl methyl sites for hydroxylation is 1. The number of hydrogen-bond donors (Lipinski definition) is 4. The Hall–Kier alpha value is -2.69. The fourth-order valence-electron chi connectivity index (χ4n) is 1.96. The van der Waals surface area contributed by atoms with Crippen LogP contribution < -0.4 is 16.8 Å². The van der Waals surface area contributed by atoms with Crippen LogP contribution in [0.25, 0.3) is 0 Å². The normalized spacial score (nSPS) is 10.2. The molecule has 6 N–H and O–H groups in total. The van der Waals surface area contributed by atoms with Gasteiger partial charge in [0.05, 0.1) is 5.56 Å². The predicted octanol–water partition coefficient (Wildman–Crippen LogP) is 1.99. The van der Waals surface area contributed by atoms with Crippen molar-refractivity contribution in [2.24, 2.45) is 5.73 Å². The molecule has 0 aliphatic rings. The van der Waals surface area contributed by atoms with Crippen molar-refractivity contribution in [3.63, 3.8) is 0 Å². The molecule has 2 aromatic carbocycles. The molecule has 104 valence electrons. The first kappa shape index (κ1) is 13.7. The number of benzene rings is 2. The molecule has 5 heteroatoms. The van der Waals surface area contributed by atoms with E-state index >= 15 is 0 Å². The summed E-state index contributed by atoms with van der Waals surface area (Å²) in [5, 5.41) is 12.9. The second-order valence-corrected chi connectivity index (χ2v) is 4.65. The van der Waals surface area contributed by atoms with Crippen molar-refractivity contribution in [3.05, 3.63) is 53.1 Å². The number of anilines is 2. The van der Waals surface area contributed by atoms with Crippen LogP contribution in [-0.2, 0) is 6.54 Å². The van der Waals surface area contributed by atoms with Crippen LogP contribution in [0.3, 0.4) is 0 Å². The first-order valence-electron chi connectivity index (χ1n) is 6.19. The van der Waals surface area contributed by atoms with Gasteiger partial charge in [0, 0.05) is 23.5 Å². The zero-order valence-electron chi connectivity index (χ0n) is 11.2. The zero-order chi connectivity index (χ0) is 14.7. The molecule has 2 aromatic rings. The topological polar surface area (TPSA) is 101 Å². The van der Waals surface area contributed by atoms with Gasteiger partial charge in [-0.15, -0.1) is 0 Å². The number of nitrogens with one attached hydrogen (secondary N) is 1. The second-order valence-electron chi connectivity index (χ2n) is 4.65. The van der Waals surface area contributed by atoms with E-state index in [2.05, 4.69) is 5.32 Å². The van der Waals surface area contributed by atoms with Gasteiger partial charge in [0.15, 0.2) is 0 Å². The molecule has 0 saturated heterocycles. The van der Waals surface area contributed by atoms with Crippen molar-refractivity contribution >= 4 is 17.3 Å². The summed E-state index contributed by atoms with van der Waals surface area (Å²) in [6.07, 6.45) is 0. The van der Waals surface area contributed by atoms with Crippen LogP contribution in [0.1, 0.15) is 21.5 Å². The van der Waals surface area contributed by atoms with Gasteiger partial charge in [-0.25, -0.2) is 0 Å². The third-order valence-corrected chi connectivity index (χ3v) is 3.01. The quantitative estimate of drug-likeness (QED) is 0.504. The van der Waals surface area contributed by atoms with Crippen LogP contribution in [0.15, 0.2) is 36.4 Å². The highest BCUT2D eigenvalue weighted by molar-refractivity contribution is 5.98. The van der Waals surface area contributed by atoms with Crippen molar-refractivity contribution < 1.29 is 9.90 Å². The number of phenols is 1. The monoisotopic (exact) mass is 271 g/mol. The second kappa shape index (κ2) is 5.52. The van der Waals surface area contributed by atoms with Crippen LogP contribution >= 0.6 is 0 Å². The smallest absolute Gasteiger partial charge is 0.250 e. The lowest BCUT2D eigenvalue weighted by Gasteiger charge is -2.12. The number of nitrogens with two attached hydrogens (primary N) is 2. The summed E-state index contributed by atoms with van der Waals surface area (Å²) < 4.78 is 0. The maximum absolute atomic E-state index is 11.4. The molecule has 0 heterocycles. The lowest BCUT2D eigenvalue weighted by Crippen LogP contribution is -2.14. The number of carbonyl (C=O) groups excluding carboxylic acids is 1. The van der Waals surface area contributed by atoms with Gasteiger partial charge in [-0.2, -0.15) is 0 Å². The number of nitrogen functional groups attached to an aromatic ring is 1. The van der Waals surface area contributed by atoms with Crippen LogP contribution in [-0.4, -0.2) is 11.0 Å². The summed E-state index contributed by atoms with van der Waals surface area (Å²) >= 11 is 0. The third-order valence-electron chi connectivity index (χ3n) is 3.01. The number of aromatic hydroxyl groups is 1. The Bertz CT molecular complexity index is 654. The SMILES string of the molecule is Cc1ccc(C(N)=O)c(NCc2cc(N)ccc2O)c1. The van der Waals surface area contributed by atoms with Gasteiger partial charge >= 0.3 is 0 Å². The minimum Gasteiger partial charge on any atom is -0.508 e. The Kier molecular flexibility index (Phi) is 3.79. The number of primary amides is 1. The average Bonchev–Trinajstić information content (AvgIpc) is 2.39. The van der Waals surface area contributed by atoms with E-state index in [-0.39, 0.29) is 5.75 Å². The van der Waals surface area contributed by atoms with Crippen LogP contribution in [0.5, 0.6) is 5.75 Å². The highest BCUT2D eigenvalue weighted by Gasteiger charge is 2.09. The first-order chi connectivity index (χ1) is 9.47. The number of amides is 1. The van der Waals surface area contributed by atoms with E-state index in [4.69, 9.17) is 11.5 Å². The molecule has 0 radical (unpaired) electrons. The van der Waals surface area contributed by atoms with E-state index in [9.17, 15) is 9.90 Å². The lowest BCUT2D eigenvalue weighted by molar-refractivity contribution is 0.100. The Morgan fingerprint density at radius 1 is 1.25 bits per heavy atom. The van der Waals surface area contributed by atoms with Gasteiger partial charge in [0.25, 0.3) is 5.91 Å². The predicted molar refractivity (Wildman–Crippen MR) is 79.5 cm³/mol. The van der Waals surface area contributed by atoms with Gasteiger partial charge in [-0.3, -0.25) is 4.79 Å². The Morgan fingerprint density at radius 3 is 2.70 bits per heavy atom. The molecule has 0 bridgehead atoms. The molecule has 0 aliphatic carbocycles. The Balaban J connectivity index is 2.24. The maximum atomic E-state index is 11.4. The molecular formula is C15H17N3O2. The first-order valence-corrected chi connectivity index (χ1v) is 6.19. The summed E-state index contributed by atoms with van der Waals surface area (Å²) in [5.74, 6) is -0.343. The largest absolute Gasteiger partial charge is 0.508 e. The van der Waals surface area contributed by atoms with Crippen molar-refractivity contribution in [2.75, 3.05) is 11.1 Å². The van der Waals surface area contributed by atoms with E-state index in [0.29, 0.717) is 29.0 Å². The van der Waals surface area contributed by atoms with E-state index < -0.39 is 5.91 Å². The number of rotatable bonds is 4. The molecular weight excluding hydrogens is 254 g/mol. The van der Waals surface area contributed by atoms with Gasteiger partial charge in [-0.1, -0.05) is 6.07 Å². The van der Waals surface area contributed by atoms with Crippen molar-refractivity contribution in [1.29, 1.82) is 0 Å². The molecule has 5 nitrogen and oxygen atoms in total. The molecule has 0 aromatic heterocycles. The van der Waals surface area contributed by atoms with Crippen LogP contribution in [0.4, 0.5) is 11.4 Å². The van der Waals surface area contributed by atoms with E-state index in [1.54, 1.807) is 18.2 Å². The highest BCUT2D eigenvalue weighted by Crippen LogP contribution is 2.23. The Labute approximate surface area is 117 Å². The summed E-state index contributed by atoms with van der Waals surface area (Å²) in [5.41, 5.74) is 14.3. The van der Waals surface area contributed by atoms with Crippen LogP contribution in [0, 0.1) is 6.92 Å². The fourth-order valence-corrected chi connectivity index (χ4v) is 1.96. The van der Waals surface area contributed by atoms with E-state index in [1.165, 1.54) is 6.07 Å². The summed E-state index contributed by atoms with van der Waals surface area (Å²) in [6.45, 7) is 2.27. The summed E-state index contributed by atoms with van der Waals surface area (Å²) in [4.78, 5) is 11.4. The molecule has 0 unspecified atom stereocenters. The fraction of sp³-hybridized carbons (Fsp3) is 0.133. The van der Waals surface area contributed by atoms with Crippen molar-refractivity contribution in [1.82, 2.24) is 0 Å². The number of hydrogen-bond acceptors (Lipinski definition) is 4. The zero-order valence-corrected chi connectivity index (χ0v) is 11.2. The molecule has 2 rings (SSSR count). The van der Waals surface area contributed by atoms with Gasteiger partial charge in [-0.05, 0) is 42.8 Å². The molecule has 0 fully saturated rings. The molecule has 1 amide bonds. The Morgan fingerprint density at radius 2 is 2.00 bits per heavy atom. The van der Waals surface area contributed by atoms with Crippen molar-refractivity contribution in [3.8, 4) is 5.75 Å². The third kappa shape index (κ3) is 3.00. The number of phenolic OH excluding ortho intramolecular Hbond substituents is 1. The maximum Gasteiger partial charge on any atom is 0.250 e. The lowest BCUT2D eigenvalue weighted by atomic mass is 10.1. The molecule has 20 heavy (non-hydrogen) atoms. The summed E-state index contributed by atoms with van der Waals surface area (Å²) in [7, 11) is 0. The van der Waals surface area contributed by atoms with Gasteiger partial charge < -0.3 is 21.9 Å². The number of carbonyl (C=O) groups is 1. The molecule has 0 saturated carbocycles. The average molecular weight is 271 g/mol. The van der Waals surface area contributed by atoms with E-state index in [1.807, 2.05) is 19.1 Å². The molecule has 0 spiro atoms. The van der Waals surface area contributed by atoms with Crippen LogP contribution in [0.2, 0.25) is 0 Å². The molecule has 0 atom stereocenters. The summed E-state index contributed by atoms with van der Waals surface area (Å²) in [6, 6.07) is 10.2. The van der Waals surface area contributed by atoms with Crippen molar-refractivity contribution in [2.45, 2.75) is 13.5 Å². The minimum atomic E-state index is -0.496. The standard InChI is InChI=1S/C15H17N3O2/c1-9-2-4-12(15(17)20)13(6-9)18-8-10-7-11(16)3-5-14(10)19/h2-7,18-19H,8,16H2,1H3,(H2,17,20). The highest BCUT2D eigenvalue weighted by atomic mass is 16.3. The molecule has 0 aliphatic heterocycles. The van der Waals surface area contributed by atoms with Gasteiger partial charge in [0.1, 0.15) is 5.75 Å². The van der Waals surface area contributed by atoms with Gasteiger partial charge in [0.2, 0.25) is 0 Å². The minimum absolute atomic E-state index is 0.153. The van der Waals surface area contributed by atoms with E-state index in [0.717, 1.165) is 5.56 Å².